The van der Waals surface area contributed by atoms with Crippen molar-refractivity contribution in [3.8, 4) is 0 Å². The Hall–Kier alpha value is -1.57. The molecule has 0 unspecified atom stereocenters. The van der Waals surface area contributed by atoms with E-state index < -0.39 is 0 Å². The maximum absolute atomic E-state index is 10.2. The van der Waals surface area contributed by atoms with Crippen LogP contribution in [0, 0.1) is 0 Å². The van der Waals surface area contributed by atoms with E-state index in [1.807, 2.05) is 36.6 Å². The molecule has 2 nitrogen and oxygen atoms in total. The second kappa shape index (κ2) is 4.30. The SMILES string of the molecule is CSc1ccc2c(N=C=O)cccc2c1. The quantitative estimate of drug-likeness (QED) is 0.435. The molecule has 0 aliphatic heterocycles. The minimum Gasteiger partial charge on any atom is -0.211 e. The summed E-state index contributed by atoms with van der Waals surface area (Å²) in [5.41, 5.74) is 0.676. The Kier molecular flexibility index (Phi) is 2.86. The highest BCUT2D eigenvalue weighted by atomic mass is 32.2. The monoisotopic (exact) mass is 215 g/mol. The van der Waals surface area contributed by atoms with E-state index in [4.69, 9.17) is 0 Å². The third-order valence-corrected chi connectivity index (χ3v) is 2.96. The van der Waals surface area contributed by atoms with E-state index in [0.29, 0.717) is 5.69 Å². The van der Waals surface area contributed by atoms with E-state index in [1.165, 1.54) is 4.90 Å². The van der Waals surface area contributed by atoms with Gasteiger partial charge in [0.25, 0.3) is 0 Å². The topological polar surface area (TPSA) is 29.4 Å². The van der Waals surface area contributed by atoms with Crippen LogP contribution in [-0.4, -0.2) is 12.3 Å². The number of nitrogens with zero attached hydrogens (tertiary/aromatic N) is 1. The molecule has 0 amide bonds. The number of rotatable bonds is 2. The van der Waals surface area contributed by atoms with Gasteiger partial charge in [-0.25, -0.2) is 4.79 Å². The molecule has 2 aromatic rings. The second-order valence-corrected chi connectivity index (χ2v) is 3.95. The van der Waals surface area contributed by atoms with Gasteiger partial charge in [0.05, 0.1) is 5.69 Å². The Balaban J connectivity index is 2.71. The number of hydrogen-bond acceptors (Lipinski definition) is 3. The lowest BCUT2D eigenvalue weighted by Gasteiger charge is -2.02. The molecule has 0 aliphatic carbocycles. The first-order valence-electron chi connectivity index (χ1n) is 4.50. The normalized spacial score (nSPS) is 9.93. The number of isocyanates is 1. The van der Waals surface area contributed by atoms with Crippen molar-refractivity contribution in [3.63, 3.8) is 0 Å². The zero-order valence-electron chi connectivity index (χ0n) is 8.23. The van der Waals surface area contributed by atoms with E-state index in [0.717, 1.165) is 10.8 Å². The van der Waals surface area contributed by atoms with Crippen LogP contribution in [0.25, 0.3) is 10.8 Å². The summed E-state index contributed by atoms with van der Waals surface area (Å²) < 4.78 is 0. The summed E-state index contributed by atoms with van der Waals surface area (Å²) >= 11 is 1.69. The summed E-state index contributed by atoms with van der Waals surface area (Å²) in [6.07, 6.45) is 3.61. The number of thioether (sulfide) groups is 1. The third kappa shape index (κ3) is 1.94. The van der Waals surface area contributed by atoms with Crippen LogP contribution < -0.4 is 0 Å². The van der Waals surface area contributed by atoms with Gasteiger partial charge in [-0.3, -0.25) is 0 Å². The van der Waals surface area contributed by atoms with Crippen LogP contribution in [0.2, 0.25) is 0 Å². The van der Waals surface area contributed by atoms with E-state index in [1.54, 1.807) is 17.8 Å². The van der Waals surface area contributed by atoms with Crippen LogP contribution in [-0.2, 0) is 4.79 Å². The summed E-state index contributed by atoms with van der Waals surface area (Å²) in [4.78, 5) is 15.1. The summed E-state index contributed by atoms with van der Waals surface area (Å²) in [5.74, 6) is 0. The first kappa shape index (κ1) is 9.97. The van der Waals surface area contributed by atoms with Gasteiger partial charge in [0.1, 0.15) is 0 Å². The molecule has 0 atom stereocenters. The third-order valence-electron chi connectivity index (χ3n) is 2.23. The summed E-state index contributed by atoms with van der Waals surface area (Å²) in [6.45, 7) is 0. The molecule has 2 rings (SSSR count). The van der Waals surface area contributed by atoms with Crippen LogP contribution in [0.15, 0.2) is 46.3 Å². The molecule has 3 heteroatoms. The zero-order valence-corrected chi connectivity index (χ0v) is 9.04. The highest BCUT2D eigenvalue weighted by Crippen LogP contribution is 2.28. The molecule has 74 valence electrons. The average Bonchev–Trinajstić information content (AvgIpc) is 2.29. The Labute approximate surface area is 92.0 Å². The van der Waals surface area contributed by atoms with Crippen molar-refractivity contribution >= 4 is 34.3 Å². The minimum atomic E-state index is 0.676. The molecule has 0 spiro atoms. The molecule has 0 heterocycles. The van der Waals surface area contributed by atoms with Gasteiger partial charge in [-0.1, -0.05) is 18.2 Å². The minimum absolute atomic E-state index is 0.676. The van der Waals surface area contributed by atoms with Gasteiger partial charge < -0.3 is 0 Å². The lowest BCUT2D eigenvalue weighted by molar-refractivity contribution is 0.565. The van der Waals surface area contributed by atoms with Gasteiger partial charge >= 0.3 is 0 Å². The predicted molar refractivity (Wildman–Crippen MR) is 63.5 cm³/mol. The molecule has 0 saturated carbocycles. The molecule has 0 aromatic heterocycles. The highest BCUT2D eigenvalue weighted by molar-refractivity contribution is 7.98. The Morgan fingerprint density at radius 2 is 2.13 bits per heavy atom. The molecule has 15 heavy (non-hydrogen) atoms. The maximum atomic E-state index is 10.2. The highest BCUT2D eigenvalue weighted by Gasteiger charge is 2.00. The Morgan fingerprint density at radius 3 is 2.87 bits per heavy atom. The predicted octanol–water partition coefficient (Wildman–Crippen LogP) is 3.53. The van der Waals surface area contributed by atoms with Gasteiger partial charge in [-0.15, -0.1) is 11.8 Å². The Morgan fingerprint density at radius 1 is 1.27 bits per heavy atom. The molecule has 0 aliphatic rings. The van der Waals surface area contributed by atoms with Crippen molar-refractivity contribution < 1.29 is 4.79 Å². The lowest BCUT2D eigenvalue weighted by atomic mass is 10.1. The lowest BCUT2D eigenvalue weighted by Crippen LogP contribution is -1.75. The fourth-order valence-corrected chi connectivity index (χ4v) is 1.97. The molecule has 0 bridgehead atoms. The van der Waals surface area contributed by atoms with Crippen molar-refractivity contribution in [1.82, 2.24) is 0 Å². The smallest absolute Gasteiger partial charge is 0.211 e. The van der Waals surface area contributed by atoms with Gasteiger partial charge in [-0.05, 0) is 29.8 Å². The Bertz CT molecular complexity index is 544. The van der Waals surface area contributed by atoms with Crippen LogP contribution in [0.5, 0.6) is 0 Å². The van der Waals surface area contributed by atoms with E-state index in [-0.39, 0.29) is 0 Å². The summed E-state index contributed by atoms with van der Waals surface area (Å²) in [6, 6.07) is 11.8. The van der Waals surface area contributed by atoms with Crippen LogP contribution in [0.4, 0.5) is 5.69 Å². The van der Waals surface area contributed by atoms with Crippen LogP contribution in [0.1, 0.15) is 0 Å². The van der Waals surface area contributed by atoms with Gasteiger partial charge in [0.15, 0.2) is 0 Å². The fourth-order valence-electron chi connectivity index (χ4n) is 1.52. The largest absolute Gasteiger partial charge is 0.240 e. The van der Waals surface area contributed by atoms with Crippen molar-refractivity contribution in [3.05, 3.63) is 36.4 Å². The molecule has 0 fully saturated rings. The van der Waals surface area contributed by atoms with Gasteiger partial charge in [0.2, 0.25) is 6.08 Å². The number of carbonyl (C=O) groups excluding carboxylic acids is 1. The van der Waals surface area contributed by atoms with Gasteiger partial charge in [0, 0.05) is 10.3 Å². The first-order chi connectivity index (χ1) is 7.35. The second-order valence-electron chi connectivity index (χ2n) is 3.07. The molecule has 0 N–H and O–H groups in total. The molecule has 0 saturated heterocycles. The summed E-state index contributed by atoms with van der Waals surface area (Å²) in [5, 5.41) is 2.08. The first-order valence-corrected chi connectivity index (χ1v) is 5.72. The number of hydrogen-bond donors (Lipinski definition) is 0. The van der Waals surface area contributed by atoms with Gasteiger partial charge in [-0.2, -0.15) is 4.99 Å². The maximum Gasteiger partial charge on any atom is 0.240 e. The van der Waals surface area contributed by atoms with Crippen molar-refractivity contribution in [2.24, 2.45) is 4.99 Å². The van der Waals surface area contributed by atoms with Crippen LogP contribution >= 0.6 is 11.8 Å². The van der Waals surface area contributed by atoms with Crippen molar-refractivity contribution in [1.29, 1.82) is 0 Å². The van der Waals surface area contributed by atoms with E-state index >= 15 is 0 Å². The molecule has 0 radical (unpaired) electrons. The van der Waals surface area contributed by atoms with E-state index in [9.17, 15) is 4.79 Å². The standard InChI is InChI=1S/C12H9NOS/c1-15-10-5-6-11-9(7-10)3-2-4-12(11)13-8-14/h2-7H,1H3. The molecular formula is C12H9NOS. The number of benzene rings is 2. The molecule has 2 aromatic carbocycles. The zero-order chi connectivity index (χ0) is 10.7. The molecular weight excluding hydrogens is 206 g/mol. The van der Waals surface area contributed by atoms with Crippen molar-refractivity contribution in [2.75, 3.05) is 6.26 Å². The number of aliphatic imine (C=N–C) groups is 1. The van der Waals surface area contributed by atoms with Crippen LogP contribution in [0.3, 0.4) is 0 Å². The summed E-state index contributed by atoms with van der Waals surface area (Å²) in [7, 11) is 0. The van der Waals surface area contributed by atoms with E-state index in [2.05, 4.69) is 11.1 Å². The van der Waals surface area contributed by atoms with Crippen molar-refractivity contribution in [2.45, 2.75) is 4.90 Å². The number of fused-ring (bicyclic) bond motifs is 1. The fraction of sp³-hybridized carbons (Fsp3) is 0.0833. The average molecular weight is 215 g/mol.